The lowest BCUT2D eigenvalue weighted by atomic mass is 10.1. The molecule has 2 aromatic heterocycles. The second-order valence-corrected chi connectivity index (χ2v) is 11.7. The zero-order valence-corrected chi connectivity index (χ0v) is 24.5. The van der Waals surface area contributed by atoms with E-state index < -0.39 is 6.04 Å². The monoisotopic (exact) mass is 602 g/mol. The summed E-state index contributed by atoms with van der Waals surface area (Å²) in [5, 5.41) is 4.17. The molecule has 4 rings (SSSR count). The van der Waals surface area contributed by atoms with Crippen molar-refractivity contribution in [2.75, 3.05) is 29.5 Å². The molecule has 0 fully saturated rings. The number of carbonyl (C=O) groups is 2. The number of nitrogens with zero attached hydrogens (tertiary/aromatic N) is 3. The molecule has 0 aliphatic rings. The van der Waals surface area contributed by atoms with Crippen LogP contribution in [0.1, 0.15) is 29.3 Å². The fraction of sp³-hybridized carbons (Fsp3) is 0.233. The first-order valence-corrected chi connectivity index (χ1v) is 15.4. The average molecular weight is 603 g/mol. The molecule has 10 nitrogen and oxygen atoms in total. The first-order valence-electron chi connectivity index (χ1n) is 13.1. The molecule has 0 radical (unpaired) electrons. The number of aromatic nitrogens is 3. The van der Waals surface area contributed by atoms with Crippen molar-refractivity contribution in [3.63, 3.8) is 0 Å². The molecule has 42 heavy (non-hydrogen) atoms. The van der Waals surface area contributed by atoms with E-state index in [4.69, 9.17) is 16.9 Å². The van der Waals surface area contributed by atoms with Gasteiger partial charge in [0.1, 0.15) is 11.6 Å². The Labute approximate surface area is 251 Å². The van der Waals surface area contributed by atoms with Gasteiger partial charge in [-0.15, -0.1) is 6.42 Å². The second kappa shape index (κ2) is 15.0. The number of hydrogen-bond acceptors (Lipinski definition) is 10. The molecule has 2 aromatic carbocycles. The number of rotatable bonds is 13. The van der Waals surface area contributed by atoms with Crippen LogP contribution in [-0.2, 0) is 16.1 Å². The number of fused-ring (bicyclic) bond motifs is 1. The molecule has 0 bridgehead atoms. The van der Waals surface area contributed by atoms with E-state index in [1.165, 1.54) is 10.8 Å². The van der Waals surface area contributed by atoms with Crippen molar-refractivity contribution >= 4 is 56.0 Å². The molecule has 1 atom stereocenters. The summed E-state index contributed by atoms with van der Waals surface area (Å²) in [4.78, 5) is 50.1. The normalized spacial score (nSPS) is 11.4. The molecular weight excluding hydrogens is 573 g/mol. The van der Waals surface area contributed by atoms with E-state index in [9.17, 15) is 14.4 Å². The number of pyridine rings is 1. The Morgan fingerprint density at radius 1 is 1.19 bits per heavy atom. The van der Waals surface area contributed by atoms with Crippen LogP contribution in [0.5, 0.6) is 0 Å². The number of hydrogen-bond donors (Lipinski definition) is 3. The highest BCUT2D eigenvalue weighted by Crippen LogP contribution is 2.28. The van der Waals surface area contributed by atoms with Crippen LogP contribution < -0.4 is 21.5 Å². The zero-order valence-electron chi connectivity index (χ0n) is 22.9. The van der Waals surface area contributed by atoms with Crippen LogP contribution in [0.2, 0.25) is 0 Å². The fourth-order valence-electron chi connectivity index (χ4n) is 4.05. The number of terminal acetylenes is 1. The topological polar surface area (TPSA) is 143 Å². The zero-order chi connectivity index (χ0) is 29.9. The molecule has 0 spiro atoms. The molecule has 216 valence electrons. The van der Waals surface area contributed by atoms with Gasteiger partial charge in [0.05, 0.1) is 23.9 Å². The van der Waals surface area contributed by atoms with Gasteiger partial charge < -0.3 is 20.7 Å². The average Bonchev–Trinajstić information content (AvgIpc) is 2.97. The lowest BCUT2D eigenvalue weighted by Crippen LogP contribution is -2.34. The largest absolute Gasteiger partial charge is 0.465 e. The Kier molecular flexibility index (Phi) is 10.9. The lowest BCUT2D eigenvalue weighted by molar-refractivity contribution is -0.143. The van der Waals surface area contributed by atoms with Gasteiger partial charge >= 0.3 is 5.97 Å². The molecule has 0 saturated heterocycles. The number of esters is 1. The second-order valence-electron chi connectivity index (χ2n) is 9.28. The highest BCUT2D eigenvalue weighted by atomic mass is 33.1. The van der Waals surface area contributed by atoms with Crippen molar-refractivity contribution in [2.24, 2.45) is 0 Å². The standard InChI is InChI=1S/C30H30N6O4S2/c1-3-14-36(19-21-7-12-25-24(18-21)29(39)35-30(31)34-25)23-10-8-22(9-11-23)28(38)33-20(2)17-27(37)40-15-16-41-42-26-6-4-5-13-32-26/h1,4-13,18,20H,14-17,19H2,2H3,(H,33,38)(H3,31,34,35,39). The van der Waals surface area contributed by atoms with Crippen LogP contribution >= 0.6 is 21.6 Å². The molecule has 12 heteroatoms. The van der Waals surface area contributed by atoms with Gasteiger partial charge in [0.15, 0.2) is 0 Å². The number of ether oxygens (including phenoxy) is 1. The minimum absolute atomic E-state index is 0.0640. The van der Waals surface area contributed by atoms with E-state index in [1.807, 2.05) is 41.3 Å². The molecule has 0 aliphatic carbocycles. The van der Waals surface area contributed by atoms with Crippen molar-refractivity contribution in [1.29, 1.82) is 0 Å². The minimum Gasteiger partial charge on any atom is -0.465 e. The van der Waals surface area contributed by atoms with E-state index in [0.717, 1.165) is 16.3 Å². The van der Waals surface area contributed by atoms with Gasteiger partial charge in [-0.3, -0.25) is 19.4 Å². The van der Waals surface area contributed by atoms with Gasteiger partial charge in [-0.2, -0.15) is 0 Å². The maximum absolute atomic E-state index is 12.8. The summed E-state index contributed by atoms with van der Waals surface area (Å²) in [6, 6.07) is 17.7. The van der Waals surface area contributed by atoms with Crippen LogP contribution in [0.3, 0.4) is 0 Å². The summed E-state index contributed by atoms with van der Waals surface area (Å²) in [5.74, 6) is 2.67. The van der Waals surface area contributed by atoms with Gasteiger partial charge in [0, 0.05) is 35.8 Å². The number of anilines is 2. The summed E-state index contributed by atoms with van der Waals surface area (Å²) >= 11 is 0. The van der Waals surface area contributed by atoms with E-state index in [1.54, 1.807) is 48.2 Å². The van der Waals surface area contributed by atoms with Crippen molar-refractivity contribution in [2.45, 2.75) is 31.0 Å². The molecule has 2 heterocycles. The van der Waals surface area contributed by atoms with Crippen molar-refractivity contribution < 1.29 is 14.3 Å². The predicted octanol–water partition coefficient (Wildman–Crippen LogP) is 4.03. The molecule has 0 aliphatic heterocycles. The summed E-state index contributed by atoms with van der Waals surface area (Å²) in [6.45, 7) is 2.79. The number of H-pyrrole nitrogens is 1. The Morgan fingerprint density at radius 2 is 2.00 bits per heavy atom. The Bertz CT molecular complexity index is 1620. The third-order valence-electron chi connectivity index (χ3n) is 6.00. The minimum atomic E-state index is -0.404. The highest BCUT2D eigenvalue weighted by molar-refractivity contribution is 8.76. The van der Waals surface area contributed by atoms with Crippen LogP contribution in [0, 0.1) is 12.3 Å². The number of nitrogen functional groups attached to an aromatic ring is 1. The van der Waals surface area contributed by atoms with E-state index in [-0.39, 0.29) is 36.4 Å². The number of benzene rings is 2. The highest BCUT2D eigenvalue weighted by Gasteiger charge is 2.15. The van der Waals surface area contributed by atoms with Crippen LogP contribution in [0.25, 0.3) is 10.9 Å². The molecule has 4 aromatic rings. The van der Waals surface area contributed by atoms with E-state index >= 15 is 0 Å². The van der Waals surface area contributed by atoms with Crippen molar-refractivity contribution in [1.82, 2.24) is 20.3 Å². The Hall–Kier alpha value is -4.47. The van der Waals surface area contributed by atoms with Gasteiger partial charge in [-0.25, -0.2) is 9.97 Å². The maximum Gasteiger partial charge on any atom is 0.307 e. The first-order chi connectivity index (χ1) is 20.3. The molecule has 4 N–H and O–H groups in total. The maximum atomic E-state index is 12.8. The fourth-order valence-corrected chi connectivity index (χ4v) is 5.76. The van der Waals surface area contributed by atoms with Gasteiger partial charge in [-0.1, -0.05) is 28.8 Å². The molecule has 1 unspecified atom stereocenters. The smallest absolute Gasteiger partial charge is 0.307 e. The summed E-state index contributed by atoms with van der Waals surface area (Å²) in [5.41, 5.74) is 7.96. The van der Waals surface area contributed by atoms with E-state index in [2.05, 4.69) is 26.2 Å². The Morgan fingerprint density at radius 3 is 2.74 bits per heavy atom. The summed E-state index contributed by atoms with van der Waals surface area (Å²) in [6.07, 6.45) is 7.41. The molecule has 0 saturated carbocycles. The molecule has 1 amide bonds. The van der Waals surface area contributed by atoms with Crippen molar-refractivity contribution in [3.05, 3.63) is 88.3 Å². The predicted molar refractivity (Wildman–Crippen MR) is 168 cm³/mol. The molecular formula is C30H30N6O4S2. The SMILES string of the molecule is C#CCN(Cc1ccc2nc(N)[nH]c(=O)c2c1)c1ccc(C(=O)NC(C)CC(=O)OCCSSc2ccccn2)cc1. The van der Waals surface area contributed by atoms with E-state index in [0.29, 0.717) is 35.3 Å². The summed E-state index contributed by atoms with van der Waals surface area (Å²) in [7, 11) is 3.08. The number of aromatic amines is 1. The third kappa shape index (κ3) is 8.76. The number of amides is 1. The number of carbonyl (C=O) groups excluding carboxylic acids is 2. The van der Waals surface area contributed by atoms with Crippen LogP contribution in [-0.4, -0.2) is 51.8 Å². The first kappa shape index (κ1) is 30.5. The van der Waals surface area contributed by atoms with Gasteiger partial charge in [-0.05, 0) is 71.8 Å². The van der Waals surface area contributed by atoms with Gasteiger partial charge in [0.2, 0.25) is 5.95 Å². The van der Waals surface area contributed by atoms with Crippen molar-refractivity contribution in [3.8, 4) is 12.3 Å². The van der Waals surface area contributed by atoms with Crippen LogP contribution in [0.4, 0.5) is 11.6 Å². The lowest BCUT2D eigenvalue weighted by Gasteiger charge is -2.23. The quantitative estimate of drug-likeness (QED) is 0.0888. The van der Waals surface area contributed by atoms with Crippen LogP contribution in [0.15, 0.2) is 76.7 Å². The number of nitrogens with two attached hydrogens (primary N) is 1. The Balaban J connectivity index is 1.26. The number of nitrogens with one attached hydrogen (secondary N) is 2. The summed E-state index contributed by atoms with van der Waals surface area (Å²) < 4.78 is 5.29. The third-order valence-corrected chi connectivity index (χ3v) is 8.23. The van der Waals surface area contributed by atoms with Gasteiger partial charge in [0.25, 0.3) is 11.5 Å².